The summed E-state index contributed by atoms with van der Waals surface area (Å²) in [5, 5.41) is 0. The van der Waals surface area contributed by atoms with Crippen LogP contribution in [0.5, 0.6) is 5.75 Å². The molecule has 2 nitrogen and oxygen atoms in total. The van der Waals surface area contributed by atoms with Gasteiger partial charge in [-0.25, -0.2) is 13.8 Å². The first-order chi connectivity index (χ1) is 16.9. The van der Waals surface area contributed by atoms with Crippen LogP contribution in [0, 0.1) is 25.5 Å². The fourth-order valence-electron chi connectivity index (χ4n) is 3.27. The summed E-state index contributed by atoms with van der Waals surface area (Å²) in [4.78, 5) is 6.68. The number of ether oxygens (including phenoxy) is 1. The average Bonchev–Trinajstić information content (AvgIpc) is 2.83. The molecule has 0 aliphatic carbocycles. The van der Waals surface area contributed by atoms with Gasteiger partial charge in [0.25, 0.3) is 0 Å². The Balaban J connectivity index is 1.64. The largest absolute Gasteiger partial charge is 0.443 e. The number of thioether (sulfide) groups is 2. The molecule has 0 aliphatic rings. The van der Waals surface area contributed by atoms with E-state index in [9.17, 15) is 8.78 Å². The van der Waals surface area contributed by atoms with Gasteiger partial charge in [-0.15, -0.1) is 23.5 Å². The molecule has 0 fully saturated rings. The highest BCUT2D eigenvalue weighted by Crippen LogP contribution is 2.38. The van der Waals surface area contributed by atoms with E-state index in [2.05, 4.69) is 0 Å². The van der Waals surface area contributed by atoms with Crippen LogP contribution in [0.4, 0.5) is 14.5 Å². The summed E-state index contributed by atoms with van der Waals surface area (Å²) in [5.41, 5.74) is 3.05. The highest BCUT2D eigenvalue weighted by atomic mass is 32.2. The Morgan fingerprint density at radius 2 is 1.31 bits per heavy atom. The molecule has 4 aromatic carbocycles. The van der Waals surface area contributed by atoms with E-state index >= 15 is 0 Å². The van der Waals surface area contributed by atoms with E-state index in [1.807, 2.05) is 62.4 Å². The van der Waals surface area contributed by atoms with Crippen molar-refractivity contribution >= 4 is 35.1 Å². The van der Waals surface area contributed by atoms with Gasteiger partial charge in [-0.05, 0) is 92.2 Å². The second-order valence-corrected chi connectivity index (χ2v) is 10.9. The zero-order valence-electron chi connectivity index (χ0n) is 19.4. The Morgan fingerprint density at radius 1 is 0.743 bits per heavy atom. The molecule has 0 bridgehead atoms. The summed E-state index contributed by atoms with van der Waals surface area (Å²) >= 11 is 3.19. The second-order valence-electron chi connectivity index (χ2n) is 8.04. The lowest BCUT2D eigenvalue weighted by Crippen LogP contribution is -2.14. The average molecular weight is 506 g/mol. The molecule has 0 aromatic heterocycles. The number of aliphatic imine (C=N–C) groups is 1. The highest BCUT2D eigenvalue weighted by molar-refractivity contribution is 8.17. The lowest BCUT2D eigenvalue weighted by Gasteiger charge is -2.18. The molecule has 0 heterocycles. The quantitative estimate of drug-likeness (QED) is 0.103. The third-order valence-corrected chi connectivity index (χ3v) is 7.54. The molecule has 0 radical (unpaired) electrons. The molecule has 0 saturated carbocycles. The van der Waals surface area contributed by atoms with E-state index in [1.54, 1.807) is 47.8 Å². The predicted molar refractivity (Wildman–Crippen MR) is 143 cm³/mol. The fourth-order valence-corrected chi connectivity index (χ4v) is 5.77. The molecule has 4 rings (SSSR count). The number of nitrogens with zero attached hydrogens (tertiary/aromatic N) is 1. The van der Waals surface area contributed by atoms with Crippen molar-refractivity contribution in [2.75, 3.05) is 0 Å². The van der Waals surface area contributed by atoms with Gasteiger partial charge in [-0.1, -0.05) is 29.8 Å². The predicted octanol–water partition coefficient (Wildman–Crippen LogP) is 8.99. The number of rotatable bonds is 8. The molecule has 0 atom stereocenters. The molecule has 0 amide bonds. The topological polar surface area (TPSA) is 21.6 Å². The van der Waals surface area contributed by atoms with Crippen LogP contribution in [-0.4, -0.2) is 10.5 Å². The first kappa shape index (κ1) is 25.0. The van der Waals surface area contributed by atoms with Crippen LogP contribution >= 0.6 is 23.5 Å². The van der Waals surface area contributed by atoms with Gasteiger partial charge < -0.3 is 4.74 Å². The number of hydrogen-bond donors (Lipinski definition) is 0. The number of benzene rings is 4. The molecule has 0 spiro atoms. The van der Waals surface area contributed by atoms with Gasteiger partial charge in [0.2, 0.25) is 0 Å². The van der Waals surface area contributed by atoms with Crippen LogP contribution in [0.15, 0.2) is 112 Å². The van der Waals surface area contributed by atoms with Crippen molar-refractivity contribution in [2.45, 2.75) is 34.6 Å². The van der Waals surface area contributed by atoms with Crippen molar-refractivity contribution in [1.29, 1.82) is 0 Å². The first-order valence-electron chi connectivity index (χ1n) is 11.2. The van der Waals surface area contributed by atoms with Crippen LogP contribution in [0.1, 0.15) is 17.5 Å². The lowest BCUT2D eigenvalue weighted by atomic mass is 10.2. The Bertz CT molecular complexity index is 1230. The van der Waals surface area contributed by atoms with Gasteiger partial charge in [0.05, 0.1) is 10.3 Å². The van der Waals surface area contributed by atoms with Gasteiger partial charge >= 0.3 is 0 Å². The van der Waals surface area contributed by atoms with E-state index in [4.69, 9.17) is 9.73 Å². The minimum atomic E-state index is -0.276. The van der Waals surface area contributed by atoms with Gasteiger partial charge in [-0.3, -0.25) is 0 Å². The summed E-state index contributed by atoms with van der Waals surface area (Å²) < 4.78 is 33.2. The molecule has 178 valence electrons. The van der Waals surface area contributed by atoms with Crippen LogP contribution in [0.3, 0.4) is 0 Å². The van der Waals surface area contributed by atoms with Crippen molar-refractivity contribution in [3.05, 3.63) is 120 Å². The molecular formula is C29H25F2NOS2. The Kier molecular flexibility index (Phi) is 8.61. The molecule has 0 aliphatic heterocycles. The van der Waals surface area contributed by atoms with Crippen LogP contribution in [0.2, 0.25) is 0 Å². The molecule has 35 heavy (non-hydrogen) atoms. The van der Waals surface area contributed by atoms with Crippen LogP contribution < -0.4 is 4.74 Å². The van der Waals surface area contributed by atoms with Gasteiger partial charge in [0, 0.05) is 16.2 Å². The van der Waals surface area contributed by atoms with E-state index in [-0.39, 0.29) is 16.2 Å². The van der Waals surface area contributed by atoms with Gasteiger partial charge in [0.15, 0.2) is 5.90 Å². The van der Waals surface area contributed by atoms with Crippen molar-refractivity contribution in [2.24, 2.45) is 4.99 Å². The summed E-state index contributed by atoms with van der Waals surface area (Å²) in [6.07, 6.45) is 0.492. The van der Waals surface area contributed by atoms with Crippen molar-refractivity contribution in [3.63, 3.8) is 0 Å². The maximum atomic E-state index is 13.5. The molecule has 0 unspecified atom stereocenters. The summed E-state index contributed by atoms with van der Waals surface area (Å²) in [7, 11) is 0. The highest BCUT2D eigenvalue weighted by Gasteiger charge is 2.18. The van der Waals surface area contributed by atoms with Crippen molar-refractivity contribution in [3.8, 4) is 5.75 Å². The zero-order valence-corrected chi connectivity index (χ0v) is 21.1. The molecule has 4 aromatic rings. The van der Waals surface area contributed by atoms with E-state index < -0.39 is 0 Å². The van der Waals surface area contributed by atoms with Crippen LogP contribution in [-0.2, 0) is 0 Å². The van der Waals surface area contributed by atoms with Gasteiger partial charge in [0.1, 0.15) is 17.4 Å². The zero-order chi connectivity index (χ0) is 24.6. The number of hydrogen-bond acceptors (Lipinski definition) is 4. The van der Waals surface area contributed by atoms with Crippen molar-refractivity contribution < 1.29 is 13.5 Å². The first-order valence-corrected chi connectivity index (χ1v) is 12.9. The van der Waals surface area contributed by atoms with E-state index in [1.165, 1.54) is 24.3 Å². The minimum absolute atomic E-state index is 0.0556. The molecular weight excluding hydrogens is 480 g/mol. The van der Waals surface area contributed by atoms with E-state index in [0.717, 1.165) is 26.6 Å². The fraction of sp³-hybridized carbons (Fsp3) is 0.138. The standard InChI is InChI=1S/C29H25F2NOS2/c1-20-6-12-24(13-7-20)32-28(33-25-5-3-4-21(2)18-25)19-29(34-26-14-8-22(30)9-15-26)35-27-16-10-23(31)11-17-27/h3-18,29H,19H2,1-2H3. The third-order valence-electron chi connectivity index (χ3n) is 5.02. The van der Waals surface area contributed by atoms with Crippen LogP contribution in [0.25, 0.3) is 0 Å². The Hall–Kier alpha value is -3.09. The second kappa shape index (κ2) is 12.0. The minimum Gasteiger partial charge on any atom is -0.443 e. The summed E-state index contributed by atoms with van der Waals surface area (Å²) in [6, 6.07) is 28.6. The van der Waals surface area contributed by atoms with E-state index in [0.29, 0.717) is 18.1 Å². The maximum Gasteiger partial charge on any atom is 0.197 e. The smallest absolute Gasteiger partial charge is 0.197 e. The Labute approximate surface area is 213 Å². The summed E-state index contributed by atoms with van der Waals surface area (Å²) in [6.45, 7) is 4.05. The molecule has 0 saturated heterocycles. The van der Waals surface area contributed by atoms with Gasteiger partial charge in [-0.2, -0.15) is 0 Å². The SMILES string of the molecule is Cc1ccc(N=C(CC(Sc2ccc(F)cc2)Sc2ccc(F)cc2)Oc2cccc(C)c2)cc1. The normalized spacial score (nSPS) is 11.6. The lowest BCUT2D eigenvalue weighted by molar-refractivity contribution is 0.535. The van der Waals surface area contributed by atoms with Crippen molar-refractivity contribution in [1.82, 2.24) is 0 Å². The Morgan fingerprint density at radius 3 is 1.86 bits per heavy atom. The third kappa shape index (κ3) is 7.98. The monoisotopic (exact) mass is 505 g/mol. The molecule has 0 N–H and O–H groups in total. The number of aryl methyl sites for hydroxylation is 2. The summed E-state index contributed by atoms with van der Waals surface area (Å²) in [5.74, 6) is 0.727. The number of halogens is 2. The molecule has 6 heteroatoms. The maximum absolute atomic E-state index is 13.5.